The van der Waals surface area contributed by atoms with Crippen molar-refractivity contribution < 1.29 is 9.59 Å². The first kappa shape index (κ1) is 18.2. The van der Waals surface area contributed by atoms with Crippen molar-refractivity contribution in [3.63, 3.8) is 0 Å². The number of aromatic nitrogens is 1. The van der Waals surface area contributed by atoms with Gasteiger partial charge in [-0.05, 0) is 56.0 Å². The zero-order valence-electron chi connectivity index (χ0n) is 16.1. The number of anilines is 2. The molecule has 1 saturated carbocycles. The minimum atomic E-state index is -0.170. The molecule has 142 valence electrons. The van der Waals surface area contributed by atoms with E-state index in [4.69, 9.17) is 0 Å². The highest BCUT2D eigenvalue weighted by atomic mass is 16.2. The lowest BCUT2D eigenvalue weighted by atomic mass is 9.99. The Kier molecular flexibility index (Phi) is 4.82. The highest BCUT2D eigenvalue weighted by molar-refractivity contribution is 6.13. The summed E-state index contributed by atoms with van der Waals surface area (Å²) in [5.74, 6) is 0.0139. The number of hydrogen-bond acceptors (Lipinski definition) is 3. The summed E-state index contributed by atoms with van der Waals surface area (Å²) >= 11 is 0. The molecule has 2 amide bonds. The topological polar surface area (TPSA) is 71.1 Å². The standard InChI is InChI=1S/C23H23N3O2/c1-3-19-14(2)21(18-9-4-5-10-20(18)26-19)23(28)25-17-8-6-7-16(13-17)24-22(27)15-11-12-15/h4-10,13,15H,3,11-12H2,1-2H3,(H,24,27)(H,25,28). The Bertz CT molecular complexity index is 1070. The summed E-state index contributed by atoms with van der Waals surface area (Å²) in [6, 6.07) is 15.0. The van der Waals surface area contributed by atoms with Crippen LogP contribution in [0.25, 0.3) is 10.9 Å². The molecule has 0 aliphatic heterocycles. The number of fused-ring (bicyclic) bond motifs is 1. The molecule has 1 aliphatic carbocycles. The first-order chi connectivity index (χ1) is 13.6. The van der Waals surface area contributed by atoms with Gasteiger partial charge in [0.15, 0.2) is 0 Å². The molecule has 0 saturated heterocycles. The van der Waals surface area contributed by atoms with E-state index in [2.05, 4.69) is 15.6 Å². The van der Waals surface area contributed by atoms with E-state index >= 15 is 0 Å². The second-order valence-corrected chi connectivity index (χ2v) is 7.23. The van der Waals surface area contributed by atoms with Crippen LogP contribution in [0.15, 0.2) is 48.5 Å². The maximum Gasteiger partial charge on any atom is 0.256 e. The van der Waals surface area contributed by atoms with Crippen LogP contribution in [0.1, 0.15) is 41.4 Å². The van der Waals surface area contributed by atoms with Gasteiger partial charge >= 0.3 is 0 Å². The van der Waals surface area contributed by atoms with Gasteiger partial charge in [-0.15, -0.1) is 0 Å². The molecular formula is C23H23N3O2. The minimum absolute atomic E-state index is 0.0482. The summed E-state index contributed by atoms with van der Waals surface area (Å²) in [4.78, 5) is 29.8. The van der Waals surface area contributed by atoms with Gasteiger partial charge in [-0.25, -0.2) is 0 Å². The van der Waals surface area contributed by atoms with Gasteiger partial charge in [0.1, 0.15) is 0 Å². The van der Waals surface area contributed by atoms with E-state index in [0.717, 1.165) is 41.4 Å². The molecule has 28 heavy (non-hydrogen) atoms. The predicted octanol–water partition coefficient (Wildman–Crippen LogP) is 4.71. The zero-order chi connectivity index (χ0) is 19.7. The largest absolute Gasteiger partial charge is 0.326 e. The average Bonchev–Trinajstić information content (AvgIpc) is 3.53. The van der Waals surface area contributed by atoms with Crippen molar-refractivity contribution in [2.24, 2.45) is 5.92 Å². The fraction of sp³-hybridized carbons (Fsp3) is 0.261. The van der Waals surface area contributed by atoms with Crippen LogP contribution >= 0.6 is 0 Å². The molecule has 0 unspecified atom stereocenters. The monoisotopic (exact) mass is 373 g/mol. The number of benzene rings is 2. The van der Waals surface area contributed by atoms with Gasteiger partial charge in [0, 0.05) is 28.4 Å². The molecule has 1 aliphatic rings. The zero-order valence-corrected chi connectivity index (χ0v) is 16.1. The quantitative estimate of drug-likeness (QED) is 0.680. The summed E-state index contributed by atoms with van der Waals surface area (Å²) in [7, 11) is 0. The number of hydrogen-bond donors (Lipinski definition) is 2. The summed E-state index contributed by atoms with van der Waals surface area (Å²) in [6.45, 7) is 3.98. The summed E-state index contributed by atoms with van der Waals surface area (Å²) in [5.41, 5.74) is 4.64. The first-order valence-corrected chi connectivity index (χ1v) is 9.67. The van der Waals surface area contributed by atoms with Crippen molar-refractivity contribution in [1.29, 1.82) is 0 Å². The Morgan fingerprint density at radius 1 is 1.04 bits per heavy atom. The number of rotatable bonds is 5. The van der Waals surface area contributed by atoms with Crippen molar-refractivity contribution in [3.05, 3.63) is 65.4 Å². The highest BCUT2D eigenvalue weighted by Gasteiger charge is 2.29. The maximum atomic E-state index is 13.1. The smallest absolute Gasteiger partial charge is 0.256 e. The second-order valence-electron chi connectivity index (χ2n) is 7.23. The number of pyridine rings is 1. The number of carbonyl (C=O) groups excluding carboxylic acids is 2. The lowest BCUT2D eigenvalue weighted by Gasteiger charge is -2.14. The van der Waals surface area contributed by atoms with Crippen molar-refractivity contribution >= 4 is 34.1 Å². The summed E-state index contributed by atoms with van der Waals surface area (Å²) in [5, 5.41) is 6.74. The Hall–Kier alpha value is -3.21. The van der Waals surface area contributed by atoms with E-state index in [1.807, 2.05) is 56.3 Å². The fourth-order valence-corrected chi connectivity index (χ4v) is 3.45. The molecular weight excluding hydrogens is 350 g/mol. The van der Waals surface area contributed by atoms with Crippen LogP contribution in [-0.4, -0.2) is 16.8 Å². The Morgan fingerprint density at radius 2 is 1.75 bits per heavy atom. The summed E-state index contributed by atoms with van der Waals surface area (Å²) in [6.07, 6.45) is 2.67. The third-order valence-corrected chi connectivity index (χ3v) is 5.13. The van der Waals surface area contributed by atoms with Gasteiger partial charge in [0.05, 0.1) is 11.1 Å². The third-order valence-electron chi connectivity index (χ3n) is 5.13. The van der Waals surface area contributed by atoms with Crippen molar-refractivity contribution in [2.45, 2.75) is 33.1 Å². The van der Waals surface area contributed by atoms with E-state index in [-0.39, 0.29) is 17.7 Å². The lowest BCUT2D eigenvalue weighted by molar-refractivity contribution is -0.117. The fourth-order valence-electron chi connectivity index (χ4n) is 3.45. The molecule has 1 fully saturated rings. The normalized spacial score (nSPS) is 13.4. The van der Waals surface area contributed by atoms with Crippen LogP contribution in [0.2, 0.25) is 0 Å². The van der Waals surface area contributed by atoms with Crippen LogP contribution in [0.5, 0.6) is 0 Å². The van der Waals surface area contributed by atoms with Gasteiger partial charge in [0.2, 0.25) is 5.91 Å². The van der Waals surface area contributed by atoms with Gasteiger partial charge in [-0.1, -0.05) is 31.2 Å². The van der Waals surface area contributed by atoms with E-state index in [1.54, 1.807) is 6.07 Å². The summed E-state index contributed by atoms with van der Waals surface area (Å²) < 4.78 is 0. The number of amides is 2. The van der Waals surface area contributed by atoms with Gasteiger partial charge in [-0.2, -0.15) is 0 Å². The molecule has 5 nitrogen and oxygen atoms in total. The van der Waals surface area contributed by atoms with Crippen LogP contribution < -0.4 is 10.6 Å². The number of nitrogens with one attached hydrogen (secondary N) is 2. The van der Waals surface area contributed by atoms with Crippen molar-refractivity contribution in [2.75, 3.05) is 10.6 Å². The van der Waals surface area contributed by atoms with E-state index in [1.165, 1.54) is 0 Å². The molecule has 0 bridgehead atoms. The Morgan fingerprint density at radius 3 is 2.46 bits per heavy atom. The number of aryl methyl sites for hydroxylation is 1. The molecule has 1 aromatic heterocycles. The molecule has 1 heterocycles. The van der Waals surface area contributed by atoms with Crippen LogP contribution in [0.3, 0.4) is 0 Å². The molecule has 0 radical (unpaired) electrons. The first-order valence-electron chi connectivity index (χ1n) is 9.67. The number of para-hydroxylation sites is 1. The van der Waals surface area contributed by atoms with Gasteiger partial charge < -0.3 is 10.6 Å². The third kappa shape index (κ3) is 3.60. The van der Waals surface area contributed by atoms with E-state index in [0.29, 0.717) is 16.9 Å². The van der Waals surface area contributed by atoms with Crippen LogP contribution in [-0.2, 0) is 11.2 Å². The van der Waals surface area contributed by atoms with Crippen LogP contribution in [0, 0.1) is 12.8 Å². The lowest BCUT2D eigenvalue weighted by Crippen LogP contribution is -2.17. The predicted molar refractivity (Wildman–Crippen MR) is 112 cm³/mol. The molecule has 0 atom stereocenters. The average molecular weight is 373 g/mol. The number of nitrogens with zero attached hydrogens (tertiary/aromatic N) is 1. The SMILES string of the molecule is CCc1nc2ccccc2c(C(=O)Nc2cccc(NC(=O)C3CC3)c2)c1C. The molecule has 4 rings (SSSR count). The molecule has 5 heteroatoms. The molecule has 0 spiro atoms. The van der Waals surface area contributed by atoms with Crippen molar-refractivity contribution in [3.8, 4) is 0 Å². The highest BCUT2D eigenvalue weighted by Crippen LogP contribution is 2.30. The van der Waals surface area contributed by atoms with Gasteiger partial charge in [0.25, 0.3) is 5.91 Å². The van der Waals surface area contributed by atoms with E-state index in [9.17, 15) is 9.59 Å². The minimum Gasteiger partial charge on any atom is -0.326 e. The van der Waals surface area contributed by atoms with Crippen molar-refractivity contribution in [1.82, 2.24) is 4.98 Å². The number of carbonyl (C=O) groups is 2. The Balaban J connectivity index is 1.64. The van der Waals surface area contributed by atoms with E-state index < -0.39 is 0 Å². The molecule has 2 N–H and O–H groups in total. The molecule has 3 aromatic rings. The molecule has 2 aromatic carbocycles. The second kappa shape index (κ2) is 7.43. The Labute approximate surface area is 164 Å². The van der Waals surface area contributed by atoms with Crippen LogP contribution in [0.4, 0.5) is 11.4 Å². The maximum absolute atomic E-state index is 13.1. The van der Waals surface area contributed by atoms with Gasteiger partial charge in [-0.3, -0.25) is 14.6 Å².